The summed E-state index contributed by atoms with van der Waals surface area (Å²) in [6.07, 6.45) is 2.33. The van der Waals surface area contributed by atoms with Gasteiger partial charge in [0.05, 0.1) is 12.6 Å². The first-order valence-electron chi connectivity index (χ1n) is 8.19. The lowest BCUT2D eigenvalue weighted by Gasteiger charge is -2.37. The lowest BCUT2D eigenvalue weighted by atomic mass is 9.99. The summed E-state index contributed by atoms with van der Waals surface area (Å²) < 4.78 is 11.0. The quantitative estimate of drug-likeness (QED) is 0.919. The van der Waals surface area contributed by atoms with Gasteiger partial charge in [-0.15, -0.1) is 0 Å². The van der Waals surface area contributed by atoms with Crippen LogP contribution in [0.4, 0.5) is 0 Å². The van der Waals surface area contributed by atoms with Crippen LogP contribution < -0.4 is 5.73 Å². The van der Waals surface area contributed by atoms with Gasteiger partial charge in [-0.3, -0.25) is 4.90 Å². The highest BCUT2D eigenvalue weighted by atomic mass is 16.5. The summed E-state index contributed by atoms with van der Waals surface area (Å²) in [6.45, 7) is 4.44. The van der Waals surface area contributed by atoms with E-state index in [9.17, 15) is 0 Å². The van der Waals surface area contributed by atoms with Crippen LogP contribution in [-0.4, -0.2) is 42.4 Å². The molecule has 3 rings (SSSR count). The lowest BCUT2D eigenvalue weighted by molar-refractivity contribution is 0.00738. The number of benzene rings is 1. The summed E-state index contributed by atoms with van der Waals surface area (Å²) in [4.78, 5) is 2.37. The van der Waals surface area contributed by atoms with Crippen LogP contribution in [0.15, 0.2) is 34.9 Å². The van der Waals surface area contributed by atoms with Crippen LogP contribution in [0.5, 0.6) is 0 Å². The molecule has 2 unspecified atom stereocenters. The van der Waals surface area contributed by atoms with Crippen LogP contribution in [0.3, 0.4) is 0 Å². The largest absolute Gasteiger partial charge is 0.381 e. The first-order valence-corrected chi connectivity index (χ1v) is 8.19. The van der Waals surface area contributed by atoms with Crippen LogP contribution in [0.1, 0.15) is 24.2 Å². The Balaban J connectivity index is 1.67. The summed E-state index contributed by atoms with van der Waals surface area (Å²) in [7, 11) is 1.78. The molecule has 1 aromatic heterocycles. The monoisotopic (exact) mass is 315 g/mol. The molecule has 5 nitrogen and oxygen atoms in total. The van der Waals surface area contributed by atoms with E-state index >= 15 is 0 Å². The van der Waals surface area contributed by atoms with Crippen molar-refractivity contribution in [3.05, 3.63) is 41.7 Å². The zero-order valence-electron chi connectivity index (χ0n) is 13.9. The van der Waals surface area contributed by atoms with Gasteiger partial charge in [0.25, 0.3) is 0 Å². The normalized spacial score (nSPS) is 22.4. The van der Waals surface area contributed by atoms with Gasteiger partial charge in [0.2, 0.25) is 0 Å². The molecule has 23 heavy (non-hydrogen) atoms. The van der Waals surface area contributed by atoms with E-state index in [4.69, 9.17) is 15.0 Å². The molecule has 0 saturated carbocycles. The molecule has 0 radical (unpaired) electrons. The van der Waals surface area contributed by atoms with Crippen molar-refractivity contribution in [3.8, 4) is 11.3 Å². The summed E-state index contributed by atoms with van der Waals surface area (Å²) >= 11 is 0. The van der Waals surface area contributed by atoms with E-state index in [0.29, 0.717) is 18.7 Å². The minimum Gasteiger partial charge on any atom is -0.381 e. The topological polar surface area (TPSA) is 64.5 Å². The van der Waals surface area contributed by atoms with Crippen LogP contribution in [-0.2, 0) is 11.3 Å². The highest BCUT2D eigenvalue weighted by molar-refractivity contribution is 5.59. The predicted molar refractivity (Wildman–Crippen MR) is 90.0 cm³/mol. The van der Waals surface area contributed by atoms with Crippen molar-refractivity contribution in [3.63, 3.8) is 0 Å². The van der Waals surface area contributed by atoms with Crippen molar-refractivity contribution in [1.29, 1.82) is 0 Å². The Morgan fingerprint density at radius 2 is 2.13 bits per heavy atom. The predicted octanol–water partition coefficient (Wildman–Crippen LogP) is 2.59. The van der Waals surface area contributed by atoms with Gasteiger partial charge in [-0.05, 0) is 19.8 Å². The smallest absolute Gasteiger partial charge is 0.151 e. The van der Waals surface area contributed by atoms with Crippen molar-refractivity contribution in [2.75, 3.05) is 20.2 Å². The van der Waals surface area contributed by atoms with Gasteiger partial charge in [0.1, 0.15) is 5.69 Å². The third-order valence-corrected chi connectivity index (χ3v) is 4.66. The molecule has 1 fully saturated rings. The molecule has 2 N–H and O–H groups in total. The Morgan fingerprint density at radius 1 is 1.35 bits per heavy atom. The molecule has 2 heterocycles. The molecule has 2 atom stereocenters. The number of aryl methyl sites for hydroxylation is 1. The van der Waals surface area contributed by atoms with Gasteiger partial charge in [-0.1, -0.05) is 35.0 Å². The van der Waals surface area contributed by atoms with Crippen molar-refractivity contribution >= 4 is 0 Å². The molecule has 1 aliphatic rings. The van der Waals surface area contributed by atoms with Crippen molar-refractivity contribution < 1.29 is 9.26 Å². The average molecular weight is 315 g/mol. The van der Waals surface area contributed by atoms with E-state index in [1.54, 1.807) is 7.11 Å². The second-order valence-corrected chi connectivity index (χ2v) is 6.29. The number of nitrogens with zero attached hydrogens (tertiary/aromatic N) is 2. The van der Waals surface area contributed by atoms with E-state index in [-0.39, 0.29) is 0 Å². The van der Waals surface area contributed by atoms with E-state index in [0.717, 1.165) is 42.9 Å². The van der Waals surface area contributed by atoms with Gasteiger partial charge >= 0.3 is 0 Å². The molecular weight excluding hydrogens is 290 g/mol. The maximum atomic E-state index is 5.93. The number of nitrogens with two attached hydrogens (primary N) is 1. The molecule has 2 aromatic rings. The standard InChI is InChI=1S/C18H25N3O2/c1-13-3-5-14(6-4-13)18-10-17(23-20-18)12-21-8-7-16(22-2)9-15(21)11-19/h3-6,10,15-16H,7-9,11-12,19H2,1-2H3. The molecule has 1 aliphatic heterocycles. The molecule has 0 spiro atoms. The number of ether oxygens (including phenoxy) is 1. The number of likely N-dealkylation sites (tertiary alicyclic amines) is 1. The van der Waals surface area contributed by atoms with Gasteiger partial charge in [-0.25, -0.2) is 0 Å². The Labute approximate surface area is 137 Å². The first-order chi connectivity index (χ1) is 11.2. The fourth-order valence-electron chi connectivity index (χ4n) is 3.18. The van der Waals surface area contributed by atoms with Crippen LogP contribution in [0.2, 0.25) is 0 Å². The zero-order valence-corrected chi connectivity index (χ0v) is 13.9. The SMILES string of the molecule is COC1CCN(Cc2cc(-c3ccc(C)cc3)no2)C(CN)C1. The second-order valence-electron chi connectivity index (χ2n) is 6.29. The second kappa shape index (κ2) is 7.25. The van der Waals surface area contributed by atoms with Crippen LogP contribution in [0, 0.1) is 6.92 Å². The minimum atomic E-state index is 0.317. The molecule has 0 amide bonds. The molecule has 1 saturated heterocycles. The van der Waals surface area contributed by atoms with Gasteiger partial charge in [-0.2, -0.15) is 0 Å². The minimum absolute atomic E-state index is 0.317. The highest BCUT2D eigenvalue weighted by Crippen LogP contribution is 2.24. The number of aromatic nitrogens is 1. The molecule has 5 heteroatoms. The average Bonchev–Trinajstić information content (AvgIpc) is 3.04. The van der Waals surface area contributed by atoms with E-state index in [2.05, 4.69) is 41.2 Å². The Bertz CT molecular complexity index is 623. The van der Waals surface area contributed by atoms with Gasteiger partial charge in [0.15, 0.2) is 5.76 Å². The zero-order chi connectivity index (χ0) is 16.2. The molecule has 124 valence electrons. The van der Waals surface area contributed by atoms with Gasteiger partial charge in [0, 0.05) is 37.9 Å². The van der Waals surface area contributed by atoms with E-state index < -0.39 is 0 Å². The lowest BCUT2D eigenvalue weighted by Crippen LogP contribution is -2.47. The Kier molecular flexibility index (Phi) is 5.10. The number of hydrogen-bond donors (Lipinski definition) is 1. The third kappa shape index (κ3) is 3.80. The molecule has 0 bridgehead atoms. The summed E-state index contributed by atoms with van der Waals surface area (Å²) in [5.74, 6) is 0.884. The number of piperidine rings is 1. The van der Waals surface area contributed by atoms with Crippen molar-refractivity contribution in [1.82, 2.24) is 10.1 Å². The van der Waals surface area contributed by atoms with Crippen molar-refractivity contribution in [2.24, 2.45) is 5.73 Å². The molecule has 0 aliphatic carbocycles. The van der Waals surface area contributed by atoms with E-state index in [1.165, 1.54) is 5.56 Å². The van der Waals surface area contributed by atoms with Gasteiger partial charge < -0.3 is 15.0 Å². The van der Waals surface area contributed by atoms with Crippen LogP contribution >= 0.6 is 0 Å². The third-order valence-electron chi connectivity index (χ3n) is 4.66. The fraction of sp³-hybridized carbons (Fsp3) is 0.500. The number of methoxy groups -OCH3 is 1. The summed E-state index contributed by atoms with van der Waals surface area (Å²) in [5, 5.41) is 4.21. The molecule has 1 aromatic carbocycles. The first kappa shape index (κ1) is 16.2. The number of hydrogen-bond acceptors (Lipinski definition) is 5. The number of rotatable bonds is 5. The maximum absolute atomic E-state index is 5.93. The Hall–Kier alpha value is -1.69. The maximum Gasteiger partial charge on any atom is 0.151 e. The van der Waals surface area contributed by atoms with Crippen molar-refractivity contribution in [2.45, 2.75) is 38.5 Å². The van der Waals surface area contributed by atoms with E-state index in [1.807, 2.05) is 6.07 Å². The summed E-state index contributed by atoms with van der Waals surface area (Å²) in [6, 6.07) is 10.7. The Morgan fingerprint density at radius 3 is 2.83 bits per heavy atom. The molecular formula is C18H25N3O2. The van der Waals surface area contributed by atoms with Crippen LogP contribution in [0.25, 0.3) is 11.3 Å². The fourth-order valence-corrected chi connectivity index (χ4v) is 3.18. The highest BCUT2D eigenvalue weighted by Gasteiger charge is 2.28. The summed E-state index contributed by atoms with van der Waals surface area (Å²) in [5.41, 5.74) is 9.14.